The molecule has 0 radical (unpaired) electrons. The average Bonchev–Trinajstić information content (AvgIpc) is 3.05. The molecule has 3 heterocycles. The first-order valence-electron chi connectivity index (χ1n) is 7.75. The molecule has 1 atom stereocenters. The largest absolute Gasteiger partial charge is 0.481 e. The van der Waals surface area contributed by atoms with Crippen LogP contribution in [0.15, 0.2) is 24.5 Å². The van der Waals surface area contributed by atoms with Crippen molar-refractivity contribution in [3.05, 3.63) is 41.3 Å². The lowest BCUT2D eigenvalue weighted by Crippen LogP contribution is -2.34. The van der Waals surface area contributed by atoms with Crippen LogP contribution in [0.1, 0.15) is 46.9 Å². The summed E-state index contributed by atoms with van der Waals surface area (Å²) in [5.41, 5.74) is 7.89. The van der Waals surface area contributed by atoms with Gasteiger partial charge in [0.2, 0.25) is 5.88 Å². The highest BCUT2D eigenvalue weighted by molar-refractivity contribution is 5.93. The Bertz CT molecular complexity index is 685. The normalized spacial score (nSPS) is 18.7. The number of nitrogens with one attached hydrogen (secondary N) is 1. The molecule has 1 aliphatic heterocycles. The van der Waals surface area contributed by atoms with E-state index in [1.165, 1.54) is 6.20 Å². The van der Waals surface area contributed by atoms with E-state index in [-0.39, 0.29) is 6.04 Å². The molecule has 1 amide bonds. The van der Waals surface area contributed by atoms with E-state index < -0.39 is 5.91 Å². The highest BCUT2D eigenvalue weighted by atomic mass is 16.5. The maximum absolute atomic E-state index is 11.6. The number of amides is 1. The number of pyridine rings is 1. The molecule has 3 N–H and O–H groups in total. The number of piperidine rings is 1. The van der Waals surface area contributed by atoms with E-state index in [9.17, 15) is 4.79 Å². The van der Waals surface area contributed by atoms with Crippen LogP contribution in [0.5, 0.6) is 5.88 Å². The van der Waals surface area contributed by atoms with Gasteiger partial charge in [0.05, 0.1) is 30.6 Å². The van der Waals surface area contributed by atoms with Crippen LogP contribution in [-0.2, 0) is 6.54 Å². The molecule has 1 aliphatic rings. The third-order valence-electron chi connectivity index (χ3n) is 4.28. The molecule has 0 spiro atoms. The van der Waals surface area contributed by atoms with Gasteiger partial charge < -0.3 is 10.5 Å². The molecular weight excluding hydrogens is 294 g/mol. The molecule has 0 aliphatic carbocycles. The first kappa shape index (κ1) is 15.5. The third kappa shape index (κ3) is 3.34. The highest BCUT2D eigenvalue weighted by Gasteiger charge is 2.28. The average molecular weight is 315 g/mol. The predicted octanol–water partition coefficient (Wildman–Crippen LogP) is 1.64. The zero-order valence-electron chi connectivity index (χ0n) is 13.2. The summed E-state index contributed by atoms with van der Waals surface area (Å²) in [4.78, 5) is 18.1. The van der Waals surface area contributed by atoms with Gasteiger partial charge in [-0.2, -0.15) is 5.10 Å². The summed E-state index contributed by atoms with van der Waals surface area (Å²) >= 11 is 0. The number of likely N-dealkylation sites (tertiary alicyclic amines) is 1. The van der Waals surface area contributed by atoms with Crippen molar-refractivity contribution in [3.8, 4) is 5.88 Å². The van der Waals surface area contributed by atoms with E-state index in [4.69, 9.17) is 10.5 Å². The second-order valence-corrected chi connectivity index (χ2v) is 5.75. The molecule has 23 heavy (non-hydrogen) atoms. The summed E-state index contributed by atoms with van der Waals surface area (Å²) in [5, 5.41) is 6.97. The standard InChI is InChI=1S/C16H21N5O2/c1-23-14-8-11(5-6-18-14)10-21-7-3-2-4-13(21)15-12(16(17)22)9-19-20-15/h5-6,8-9,13H,2-4,7,10H2,1H3,(H2,17,22)(H,19,20). The minimum absolute atomic E-state index is 0.118. The molecule has 1 saturated heterocycles. The monoisotopic (exact) mass is 315 g/mol. The van der Waals surface area contributed by atoms with Crippen LogP contribution < -0.4 is 10.5 Å². The van der Waals surface area contributed by atoms with Gasteiger partial charge in [0.1, 0.15) is 0 Å². The summed E-state index contributed by atoms with van der Waals surface area (Å²) in [6.07, 6.45) is 6.50. The molecule has 0 aromatic carbocycles. The number of primary amides is 1. The number of carbonyl (C=O) groups excluding carboxylic acids is 1. The van der Waals surface area contributed by atoms with Crippen molar-refractivity contribution >= 4 is 5.91 Å². The fourth-order valence-corrected chi connectivity index (χ4v) is 3.15. The SMILES string of the molecule is COc1cc(CN2CCCCC2c2[nH]ncc2C(N)=O)ccn1. The van der Waals surface area contributed by atoms with Gasteiger partial charge in [0.15, 0.2) is 0 Å². The molecule has 0 bridgehead atoms. The van der Waals surface area contributed by atoms with E-state index in [2.05, 4.69) is 20.1 Å². The Balaban J connectivity index is 1.83. The fraction of sp³-hybridized carbons (Fsp3) is 0.438. The Kier molecular flexibility index (Phi) is 4.57. The van der Waals surface area contributed by atoms with Gasteiger partial charge in [-0.15, -0.1) is 0 Å². The quantitative estimate of drug-likeness (QED) is 0.874. The van der Waals surface area contributed by atoms with Crippen LogP contribution in [0.4, 0.5) is 0 Å². The lowest BCUT2D eigenvalue weighted by molar-refractivity contribution is 0.0990. The van der Waals surface area contributed by atoms with Crippen LogP contribution in [0.2, 0.25) is 0 Å². The molecule has 1 fully saturated rings. The number of ether oxygens (including phenoxy) is 1. The van der Waals surface area contributed by atoms with Crippen molar-refractivity contribution in [1.82, 2.24) is 20.1 Å². The number of hydrogen-bond donors (Lipinski definition) is 2. The Morgan fingerprint density at radius 2 is 2.39 bits per heavy atom. The lowest BCUT2D eigenvalue weighted by atomic mass is 9.96. The van der Waals surface area contributed by atoms with Gasteiger partial charge in [0.25, 0.3) is 5.91 Å². The lowest BCUT2D eigenvalue weighted by Gasteiger charge is -2.35. The summed E-state index contributed by atoms with van der Waals surface area (Å²) in [6, 6.07) is 4.04. The van der Waals surface area contributed by atoms with Crippen LogP contribution in [-0.4, -0.2) is 39.6 Å². The minimum atomic E-state index is -0.440. The topological polar surface area (TPSA) is 97.1 Å². The van der Waals surface area contributed by atoms with Gasteiger partial charge in [-0.05, 0) is 31.0 Å². The number of carbonyl (C=O) groups is 1. The number of hydrogen-bond acceptors (Lipinski definition) is 5. The van der Waals surface area contributed by atoms with Gasteiger partial charge in [-0.3, -0.25) is 14.8 Å². The Labute approximate surface area is 134 Å². The van der Waals surface area contributed by atoms with Gasteiger partial charge in [0, 0.05) is 18.8 Å². The number of nitrogens with two attached hydrogens (primary N) is 1. The first-order chi connectivity index (χ1) is 11.2. The zero-order chi connectivity index (χ0) is 16.2. The summed E-state index contributed by atoms with van der Waals surface area (Å²) in [7, 11) is 1.61. The second kappa shape index (κ2) is 6.78. The zero-order valence-corrected chi connectivity index (χ0v) is 13.2. The molecule has 3 rings (SSSR count). The fourth-order valence-electron chi connectivity index (χ4n) is 3.15. The van der Waals surface area contributed by atoms with Crippen molar-refractivity contribution in [1.29, 1.82) is 0 Å². The Morgan fingerprint density at radius 1 is 1.52 bits per heavy atom. The predicted molar refractivity (Wildman–Crippen MR) is 84.9 cm³/mol. The first-order valence-corrected chi connectivity index (χ1v) is 7.75. The second-order valence-electron chi connectivity index (χ2n) is 5.75. The van der Waals surface area contributed by atoms with E-state index in [1.807, 2.05) is 12.1 Å². The van der Waals surface area contributed by atoms with Crippen molar-refractivity contribution < 1.29 is 9.53 Å². The van der Waals surface area contributed by atoms with E-state index in [1.54, 1.807) is 13.3 Å². The van der Waals surface area contributed by atoms with E-state index in [0.717, 1.165) is 43.6 Å². The van der Waals surface area contributed by atoms with Crippen molar-refractivity contribution in [2.45, 2.75) is 31.8 Å². The maximum Gasteiger partial charge on any atom is 0.252 e. The minimum Gasteiger partial charge on any atom is -0.481 e. The van der Waals surface area contributed by atoms with Crippen LogP contribution in [0.25, 0.3) is 0 Å². The van der Waals surface area contributed by atoms with E-state index in [0.29, 0.717) is 11.4 Å². The van der Waals surface area contributed by atoms with Crippen molar-refractivity contribution in [2.75, 3.05) is 13.7 Å². The highest BCUT2D eigenvalue weighted by Crippen LogP contribution is 2.32. The van der Waals surface area contributed by atoms with Crippen molar-refractivity contribution in [2.24, 2.45) is 5.73 Å². The summed E-state index contributed by atoms with van der Waals surface area (Å²) < 4.78 is 5.19. The number of H-pyrrole nitrogens is 1. The molecule has 122 valence electrons. The summed E-state index contributed by atoms with van der Waals surface area (Å²) in [6.45, 7) is 1.73. The number of aromatic amines is 1. The molecule has 1 unspecified atom stereocenters. The number of aromatic nitrogens is 3. The summed E-state index contributed by atoms with van der Waals surface area (Å²) in [5.74, 6) is 0.167. The molecular formula is C16H21N5O2. The van der Waals surface area contributed by atoms with Gasteiger partial charge >= 0.3 is 0 Å². The third-order valence-corrected chi connectivity index (χ3v) is 4.28. The molecule has 7 heteroatoms. The van der Waals surface area contributed by atoms with Crippen LogP contribution >= 0.6 is 0 Å². The van der Waals surface area contributed by atoms with Crippen LogP contribution in [0, 0.1) is 0 Å². The molecule has 7 nitrogen and oxygen atoms in total. The van der Waals surface area contributed by atoms with Gasteiger partial charge in [-0.25, -0.2) is 4.98 Å². The van der Waals surface area contributed by atoms with Gasteiger partial charge in [-0.1, -0.05) is 6.42 Å². The van der Waals surface area contributed by atoms with E-state index >= 15 is 0 Å². The number of nitrogens with zero attached hydrogens (tertiary/aromatic N) is 3. The Morgan fingerprint density at radius 3 is 3.17 bits per heavy atom. The maximum atomic E-state index is 11.6. The molecule has 2 aromatic rings. The number of rotatable bonds is 5. The Hall–Kier alpha value is -2.41. The number of methoxy groups -OCH3 is 1. The molecule has 2 aromatic heterocycles. The smallest absolute Gasteiger partial charge is 0.252 e. The molecule has 0 saturated carbocycles. The van der Waals surface area contributed by atoms with Crippen molar-refractivity contribution in [3.63, 3.8) is 0 Å². The van der Waals surface area contributed by atoms with Crippen LogP contribution in [0.3, 0.4) is 0 Å².